The van der Waals surface area contributed by atoms with Crippen LogP contribution in [0.15, 0.2) is 11.6 Å². The summed E-state index contributed by atoms with van der Waals surface area (Å²) < 4.78 is 43.7. The molecule has 5 saturated heterocycles. The monoisotopic (exact) mass is 867 g/mol. The molecule has 0 aromatic rings. The number of aliphatic hydroxyl groups excluding tert-OH is 8. The first kappa shape index (κ1) is 45.3. The Labute approximate surface area is 359 Å². The van der Waals surface area contributed by atoms with Crippen molar-refractivity contribution in [3.63, 3.8) is 0 Å². The van der Waals surface area contributed by atoms with Gasteiger partial charge in [-0.15, -0.1) is 0 Å². The number of fused-ring (bicyclic) bond motifs is 7. The van der Waals surface area contributed by atoms with Gasteiger partial charge in [-0.25, -0.2) is 0 Å². The Morgan fingerprint density at radius 2 is 1.36 bits per heavy atom. The summed E-state index contributed by atoms with van der Waals surface area (Å²) >= 11 is 0. The lowest BCUT2D eigenvalue weighted by Crippen LogP contribution is -2.66. The lowest BCUT2D eigenvalue weighted by Gasteiger charge is -2.59. The number of piperidine rings is 1. The average molecular weight is 868 g/mol. The fourth-order valence-corrected chi connectivity index (χ4v) is 14.2. The largest absolute Gasteiger partial charge is 0.394 e. The summed E-state index contributed by atoms with van der Waals surface area (Å²) in [5.41, 5.74) is 1.41. The zero-order chi connectivity index (χ0) is 43.5. The predicted molar refractivity (Wildman–Crippen MR) is 215 cm³/mol. The van der Waals surface area contributed by atoms with Crippen LogP contribution >= 0.6 is 0 Å². The Morgan fingerprint density at radius 3 is 1.98 bits per heavy atom. The summed E-state index contributed by atoms with van der Waals surface area (Å²) in [5.74, 6) is 3.43. The Morgan fingerprint density at radius 1 is 0.705 bits per heavy atom. The zero-order valence-corrected chi connectivity index (χ0v) is 36.6. The van der Waals surface area contributed by atoms with E-state index in [2.05, 4.69) is 39.1 Å². The quantitative estimate of drug-likeness (QED) is 0.161. The first-order valence-electron chi connectivity index (χ1n) is 23.3. The van der Waals surface area contributed by atoms with Gasteiger partial charge < -0.3 is 74.0 Å². The van der Waals surface area contributed by atoms with Crippen LogP contribution in [0.3, 0.4) is 0 Å². The number of ether oxygens (including phenoxy) is 7. The van der Waals surface area contributed by atoms with E-state index >= 15 is 0 Å². The molecule has 1 spiro atoms. The van der Waals surface area contributed by atoms with Gasteiger partial charge in [0.05, 0.1) is 31.0 Å². The van der Waals surface area contributed by atoms with Crippen LogP contribution in [0.2, 0.25) is 0 Å². The summed E-state index contributed by atoms with van der Waals surface area (Å²) in [4.78, 5) is 0. The van der Waals surface area contributed by atoms with E-state index in [0.29, 0.717) is 54.5 Å². The van der Waals surface area contributed by atoms with Crippen LogP contribution in [0.1, 0.15) is 99.3 Å². The number of hydrogen-bond donors (Lipinski definition) is 9. The molecule has 0 amide bonds. The maximum atomic E-state index is 12.0. The highest BCUT2D eigenvalue weighted by Crippen LogP contribution is 2.70. The molecule has 0 bridgehead atoms. The molecule has 26 atom stereocenters. The molecular formula is C45H73NO15. The van der Waals surface area contributed by atoms with Gasteiger partial charge in [0.15, 0.2) is 18.9 Å². The molecule has 0 aromatic carbocycles. The fraction of sp³-hybridized carbons (Fsp3) is 0.956. The van der Waals surface area contributed by atoms with E-state index in [4.69, 9.17) is 33.2 Å². The molecule has 16 nitrogen and oxygen atoms in total. The Bertz CT molecular complexity index is 1600. The third-order valence-corrected chi connectivity index (χ3v) is 17.9. The van der Waals surface area contributed by atoms with Gasteiger partial charge in [0, 0.05) is 12.5 Å². The average Bonchev–Trinajstić information content (AvgIpc) is 3.69. The summed E-state index contributed by atoms with van der Waals surface area (Å²) in [6.07, 6.45) is -9.93. The maximum Gasteiger partial charge on any atom is 0.187 e. The molecule has 348 valence electrons. The lowest BCUT2D eigenvalue weighted by atomic mass is 9.47. The second-order valence-electron chi connectivity index (χ2n) is 21.2. The van der Waals surface area contributed by atoms with Crippen molar-refractivity contribution in [2.24, 2.45) is 46.3 Å². The van der Waals surface area contributed by atoms with Crippen molar-refractivity contribution in [2.75, 3.05) is 13.2 Å². The number of hydrogen-bond acceptors (Lipinski definition) is 16. The molecule has 0 radical (unpaired) electrons. The topological polar surface area (TPSA) is 238 Å². The second-order valence-corrected chi connectivity index (χ2v) is 21.2. The van der Waals surface area contributed by atoms with Crippen LogP contribution in [0.4, 0.5) is 0 Å². The Kier molecular flexibility index (Phi) is 12.4. The van der Waals surface area contributed by atoms with Gasteiger partial charge in [-0.2, -0.15) is 0 Å². The van der Waals surface area contributed by atoms with Gasteiger partial charge in [0.1, 0.15) is 66.8 Å². The highest BCUT2D eigenvalue weighted by atomic mass is 16.8. The summed E-state index contributed by atoms with van der Waals surface area (Å²) in [7, 11) is 0. The van der Waals surface area contributed by atoms with Crippen LogP contribution in [-0.2, 0) is 33.2 Å². The highest BCUT2D eigenvalue weighted by molar-refractivity contribution is 5.26. The van der Waals surface area contributed by atoms with E-state index in [1.807, 2.05) is 0 Å². The highest BCUT2D eigenvalue weighted by Gasteiger charge is 2.68. The van der Waals surface area contributed by atoms with Crippen LogP contribution in [0, 0.1) is 46.3 Å². The van der Waals surface area contributed by atoms with Crippen molar-refractivity contribution in [1.29, 1.82) is 0 Å². The molecule has 8 fully saturated rings. The van der Waals surface area contributed by atoms with Crippen LogP contribution in [-0.4, -0.2) is 164 Å². The molecule has 9 aliphatic rings. The molecule has 61 heavy (non-hydrogen) atoms. The number of aliphatic hydroxyl groups is 8. The van der Waals surface area contributed by atoms with Crippen molar-refractivity contribution in [1.82, 2.24) is 5.32 Å². The molecule has 5 heterocycles. The maximum absolute atomic E-state index is 12.0. The summed E-state index contributed by atoms with van der Waals surface area (Å²) in [5, 5.41) is 89.8. The Hall–Kier alpha value is -0.900. The molecule has 3 saturated carbocycles. The van der Waals surface area contributed by atoms with E-state index < -0.39 is 98.7 Å². The van der Waals surface area contributed by atoms with E-state index in [1.165, 1.54) is 38.7 Å². The SMILES string of the molecule is C[C@@H]1CC[C@]2(NC1)O[C@@H]1C[C@@H]3[C@H]4CC=C5C[C@@H](O[C@H]6O[C@@H](CO)[C@H](O[C@@H]7O[C@H](C)[C@@H](O)[C@H](O)[C@@H]7O)[C@@H](O)[C@@H]6O[C@@H]6O[C@H](C)[C@@H](O)[C@H](O)[C@@H]6O)CC[C@@]5(C)[C@@H]4CC[C@@]3(C)[C@@H]1[C@H]2C. The van der Waals surface area contributed by atoms with Crippen LogP contribution in [0.5, 0.6) is 0 Å². The van der Waals surface area contributed by atoms with E-state index in [-0.39, 0.29) is 22.7 Å². The van der Waals surface area contributed by atoms with Crippen molar-refractivity contribution >= 4 is 0 Å². The minimum Gasteiger partial charge on any atom is -0.394 e. The van der Waals surface area contributed by atoms with E-state index in [9.17, 15) is 40.9 Å². The van der Waals surface area contributed by atoms with E-state index in [0.717, 1.165) is 32.2 Å². The van der Waals surface area contributed by atoms with E-state index in [1.54, 1.807) is 0 Å². The third-order valence-electron chi connectivity index (χ3n) is 17.9. The first-order chi connectivity index (χ1) is 28.9. The molecule has 5 aliphatic heterocycles. The van der Waals surface area contributed by atoms with Crippen molar-refractivity contribution in [3.05, 3.63) is 11.6 Å². The minimum atomic E-state index is -1.70. The lowest BCUT2D eigenvalue weighted by molar-refractivity contribution is -0.388. The Balaban J connectivity index is 0.916. The molecule has 0 aromatic heterocycles. The molecule has 4 aliphatic carbocycles. The normalized spacial score (nSPS) is 58.4. The van der Waals surface area contributed by atoms with Crippen LogP contribution < -0.4 is 5.32 Å². The predicted octanol–water partition coefficient (Wildman–Crippen LogP) is 0.815. The number of rotatable bonds is 7. The summed E-state index contributed by atoms with van der Waals surface area (Å²) in [6.45, 7) is 13.2. The molecule has 9 N–H and O–H groups in total. The van der Waals surface area contributed by atoms with Gasteiger partial charge in [0.25, 0.3) is 0 Å². The molecule has 0 unspecified atom stereocenters. The first-order valence-corrected chi connectivity index (χ1v) is 23.3. The fourth-order valence-electron chi connectivity index (χ4n) is 14.2. The van der Waals surface area contributed by atoms with Crippen molar-refractivity contribution in [2.45, 2.75) is 209 Å². The van der Waals surface area contributed by atoms with Gasteiger partial charge in [-0.1, -0.05) is 39.3 Å². The van der Waals surface area contributed by atoms with Gasteiger partial charge in [0.2, 0.25) is 0 Å². The van der Waals surface area contributed by atoms with Crippen molar-refractivity contribution < 1.29 is 74.0 Å². The third kappa shape index (κ3) is 7.42. The zero-order valence-electron chi connectivity index (χ0n) is 36.6. The minimum absolute atomic E-state index is 0.00472. The van der Waals surface area contributed by atoms with Gasteiger partial charge >= 0.3 is 0 Å². The smallest absolute Gasteiger partial charge is 0.187 e. The second kappa shape index (κ2) is 16.8. The molecule has 9 rings (SSSR count). The van der Waals surface area contributed by atoms with Crippen LogP contribution in [0.25, 0.3) is 0 Å². The summed E-state index contributed by atoms with van der Waals surface area (Å²) in [6, 6.07) is 0. The molecular weight excluding hydrogens is 794 g/mol. The van der Waals surface area contributed by atoms with Gasteiger partial charge in [-0.05, 0) is 112 Å². The van der Waals surface area contributed by atoms with Crippen molar-refractivity contribution in [3.8, 4) is 0 Å². The number of nitrogens with one attached hydrogen (secondary N) is 1. The number of allylic oxidation sites excluding steroid dienone is 1. The van der Waals surface area contributed by atoms with Gasteiger partial charge in [-0.3, -0.25) is 5.32 Å². The molecule has 16 heteroatoms. The standard InChI is InChI=1S/C45H73NO15/c1-19-9-14-45(46-17-19)20(2)30-28(61-45)16-27-25-8-7-23-15-24(10-12-43(23,5)26(25)11-13-44(27,30)6)57-42-39(60-41-36(53)34(51)32(49)22(4)56-41)37(54)38(29(18-47)58-42)59-40-35(52)33(50)31(48)21(3)55-40/h7,19-22,24-42,46-54H,8-18H2,1-6H3/t19-,20-,21-,22-,24+,25+,26-,27-,28-,29+,30-,31-,32-,33+,34+,35+,36+,37-,38+,39+,40+,41+,42+,43-,44-,45+/m1/s1.